The minimum absolute atomic E-state index is 1.03. The number of hydrogen-bond acceptors (Lipinski definition) is 1. The van der Waals surface area contributed by atoms with E-state index in [-0.39, 0.29) is 0 Å². The van der Waals surface area contributed by atoms with Crippen LogP contribution in [0.1, 0.15) is 22.4 Å². The second kappa shape index (κ2) is 3.93. The molecule has 0 N–H and O–H groups in total. The van der Waals surface area contributed by atoms with Crippen LogP contribution in [0.4, 0.5) is 0 Å². The van der Waals surface area contributed by atoms with E-state index >= 15 is 0 Å². The molecule has 0 spiro atoms. The van der Waals surface area contributed by atoms with Gasteiger partial charge in [0, 0.05) is 11.9 Å². The highest BCUT2D eigenvalue weighted by Crippen LogP contribution is 2.20. The van der Waals surface area contributed by atoms with E-state index in [9.17, 15) is 0 Å². The highest BCUT2D eigenvalue weighted by molar-refractivity contribution is 5.72. The minimum atomic E-state index is 1.03. The van der Waals surface area contributed by atoms with Crippen molar-refractivity contribution >= 4 is 12.2 Å². The lowest BCUT2D eigenvalue weighted by molar-refractivity contribution is 0.906. The number of pyridine rings is 1. The van der Waals surface area contributed by atoms with Gasteiger partial charge in [-0.3, -0.25) is 4.98 Å². The molecule has 1 aliphatic rings. The van der Waals surface area contributed by atoms with Crippen molar-refractivity contribution in [2.45, 2.75) is 12.8 Å². The van der Waals surface area contributed by atoms with E-state index in [2.05, 4.69) is 47.5 Å². The first kappa shape index (κ1) is 9.34. The normalized spacial score (nSPS) is 13.5. The predicted molar refractivity (Wildman–Crippen MR) is 67.0 cm³/mol. The van der Waals surface area contributed by atoms with Crippen LogP contribution < -0.4 is 0 Å². The highest BCUT2D eigenvalue weighted by Gasteiger charge is 2.06. The van der Waals surface area contributed by atoms with Crippen molar-refractivity contribution in [1.29, 1.82) is 0 Å². The second-order valence-corrected chi connectivity index (χ2v) is 4.07. The van der Waals surface area contributed by atoms with E-state index in [1.165, 1.54) is 22.4 Å². The monoisotopic (exact) mass is 207 g/mol. The van der Waals surface area contributed by atoms with Crippen molar-refractivity contribution in [2.75, 3.05) is 0 Å². The average Bonchev–Trinajstić information content (AvgIpc) is 2.32. The number of hydrogen-bond donors (Lipinski definition) is 0. The van der Waals surface area contributed by atoms with Crippen molar-refractivity contribution in [3.63, 3.8) is 0 Å². The molecule has 1 aromatic heterocycles. The van der Waals surface area contributed by atoms with Crippen molar-refractivity contribution < 1.29 is 0 Å². The molecule has 1 nitrogen and oxygen atoms in total. The summed E-state index contributed by atoms with van der Waals surface area (Å²) in [5.74, 6) is 0. The third kappa shape index (κ3) is 1.65. The zero-order valence-electron chi connectivity index (χ0n) is 9.06. The van der Waals surface area contributed by atoms with Gasteiger partial charge in [-0.1, -0.05) is 42.5 Å². The molecule has 0 saturated heterocycles. The molecule has 0 bridgehead atoms. The number of aromatic nitrogens is 1. The Morgan fingerprint density at radius 3 is 2.62 bits per heavy atom. The SMILES string of the molecule is C1=Cc2cccnc2CCc2ccccc21. The molecule has 0 fully saturated rings. The smallest absolute Gasteiger partial charge is 0.0479 e. The molecule has 78 valence electrons. The molecule has 1 aromatic carbocycles. The number of aryl methyl sites for hydroxylation is 2. The maximum atomic E-state index is 4.44. The Balaban J connectivity index is 2.10. The van der Waals surface area contributed by atoms with E-state index in [4.69, 9.17) is 0 Å². The Morgan fingerprint density at radius 2 is 1.62 bits per heavy atom. The van der Waals surface area contributed by atoms with E-state index in [1.807, 2.05) is 12.3 Å². The first-order valence-electron chi connectivity index (χ1n) is 5.63. The molecule has 1 aliphatic carbocycles. The topological polar surface area (TPSA) is 12.9 Å². The third-order valence-electron chi connectivity index (χ3n) is 3.05. The zero-order chi connectivity index (χ0) is 10.8. The second-order valence-electron chi connectivity index (χ2n) is 4.07. The average molecular weight is 207 g/mol. The first-order valence-corrected chi connectivity index (χ1v) is 5.63. The van der Waals surface area contributed by atoms with Gasteiger partial charge in [-0.05, 0) is 35.6 Å². The number of benzene rings is 1. The van der Waals surface area contributed by atoms with E-state index in [1.54, 1.807) is 0 Å². The number of nitrogens with zero attached hydrogens (tertiary/aromatic N) is 1. The molecule has 0 amide bonds. The van der Waals surface area contributed by atoms with Gasteiger partial charge in [-0.2, -0.15) is 0 Å². The van der Waals surface area contributed by atoms with Gasteiger partial charge < -0.3 is 0 Å². The fraction of sp³-hybridized carbons (Fsp3) is 0.133. The van der Waals surface area contributed by atoms with Crippen molar-refractivity contribution in [1.82, 2.24) is 4.98 Å². The number of rotatable bonds is 0. The molecule has 0 saturated carbocycles. The summed E-state index contributed by atoms with van der Waals surface area (Å²) in [7, 11) is 0. The lowest BCUT2D eigenvalue weighted by atomic mass is 9.96. The molecule has 0 radical (unpaired) electrons. The summed E-state index contributed by atoms with van der Waals surface area (Å²) < 4.78 is 0. The van der Waals surface area contributed by atoms with E-state index in [0.29, 0.717) is 0 Å². The quantitative estimate of drug-likeness (QED) is 0.645. The summed E-state index contributed by atoms with van der Waals surface area (Å²) in [5, 5.41) is 0. The minimum Gasteiger partial charge on any atom is -0.261 e. The Hall–Kier alpha value is -1.89. The summed E-state index contributed by atoms with van der Waals surface area (Å²) in [6.45, 7) is 0. The molecule has 0 aliphatic heterocycles. The van der Waals surface area contributed by atoms with Gasteiger partial charge in [0.05, 0.1) is 0 Å². The first-order chi connectivity index (χ1) is 7.93. The Kier molecular flexibility index (Phi) is 2.30. The van der Waals surface area contributed by atoms with Gasteiger partial charge in [0.2, 0.25) is 0 Å². The molecular formula is C15H13N. The molecule has 0 unspecified atom stereocenters. The maximum Gasteiger partial charge on any atom is 0.0479 e. The van der Waals surface area contributed by atoms with E-state index < -0.39 is 0 Å². The maximum absolute atomic E-state index is 4.44. The van der Waals surface area contributed by atoms with Crippen LogP contribution in [0.3, 0.4) is 0 Å². The lowest BCUT2D eigenvalue weighted by Gasteiger charge is -2.11. The van der Waals surface area contributed by atoms with Gasteiger partial charge in [0.15, 0.2) is 0 Å². The number of fused-ring (bicyclic) bond motifs is 2. The standard InChI is InChI=1S/C15H13N/c1-2-5-13-9-10-15-14(6-3-11-16-15)8-7-12(13)4-1/h1-8,11H,9-10H2. The van der Waals surface area contributed by atoms with Crippen LogP contribution in [0.5, 0.6) is 0 Å². The molecule has 1 heteroatoms. The fourth-order valence-corrected chi connectivity index (χ4v) is 2.17. The zero-order valence-corrected chi connectivity index (χ0v) is 9.06. The predicted octanol–water partition coefficient (Wildman–Crippen LogP) is 3.35. The summed E-state index contributed by atoms with van der Waals surface area (Å²) in [6, 6.07) is 12.7. The molecule has 0 atom stereocenters. The largest absolute Gasteiger partial charge is 0.261 e. The Morgan fingerprint density at radius 1 is 0.812 bits per heavy atom. The van der Waals surface area contributed by atoms with Crippen LogP contribution in [0.15, 0.2) is 42.6 Å². The van der Waals surface area contributed by atoms with Crippen molar-refractivity contribution in [3.8, 4) is 0 Å². The van der Waals surface area contributed by atoms with Gasteiger partial charge in [-0.25, -0.2) is 0 Å². The summed E-state index contributed by atoms with van der Waals surface area (Å²) in [5.41, 5.74) is 5.19. The van der Waals surface area contributed by atoms with E-state index in [0.717, 1.165) is 12.8 Å². The van der Waals surface area contributed by atoms with Gasteiger partial charge in [-0.15, -0.1) is 0 Å². The molecule has 3 rings (SSSR count). The fourth-order valence-electron chi connectivity index (χ4n) is 2.17. The highest BCUT2D eigenvalue weighted by atomic mass is 14.7. The molecule has 16 heavy (non-hydrogen) atoms. The lowest BCUT2D eigenvalue weighted by Crippen LogP contribution is -2.00. The molecular weight excluding hydrogens is 194 g/mol. The Bertz CT molecular complexity index is 491. The van der Waals surface area contributed by atoms with Crippen LogP contribution in [-0.4, -0.2) is 4.98 Å². The van der Waals surface area contributed by atoms with Gasteiger partial charge in [0.25, 0.3) is 0 Å². The van der Waals surface area contributed by atoms with Crippen LogP contribution >= 0.6 is 0 Å². The van der Waals surface area contributed by atoms with Crippen molar-refractivity contribution in [3.05, 3.63) is 65.0 Å². The molecule has 2 aromatic rings. The Labute approximate surface area is 95.5 Å². The summed E-state index contributed by atoms with van der Waals surface area (Å²) >= 11 is 0. The summed E-state index contributed by atoms with van der Waals surface area (Å²) in [4.78, 5) is 4.44. The van der Waals surface area contributed by atoms with Gasteiger partial charge >= 0.3 is 0 Å². The van der Waals surface area contributed by atoms with Crippen LogP contribution in [0, 0.1) is 0 Å². The summed E-state index contributed by atoms with van der Waals surface area (Å²) in [6.07, 6.45) is 8.33. The van der Waals surface area contributed by atoms with Crippen LogP contribution in [0.25, 0.3) is 12.2 Å². The molecule has 1 heterocycles. The third-order valence-corrected chi connectivity index (χ3v) is 3.05. The van der Waals surface area contributed by atoms with Crippen LogP contribution in [0.2, 0.25) is 0 Å². The van der Waals surface area contributed by atoms with Crippen LogP contribution in [-0.2, 0) is 12.8 Å². The van der Waals surface area contributed by atoms with Gasteiger partial charge in [0.1, 0.15) is 0 Å². The van der Waals surface area contributed by atoms with Crippen molar-refractivity contribution in [2.24, 2.45) is 0 Å².